The van der Waals surface area contributed by atoms with Gasteiger partial charge in [-0.15, -0.1) is 0 Å². The molecule has 0 radical (unpaired) electrons. The minimum absolute atomic E-state index is 0.0315. The van der Waals surface area contributed by atoms with Gasteiger partial charge in [0, 0.05) is 44.0 Å². The second-order valence-electron chi connectivity index (χ2n) is 7.32. The predicted octanol–water partition coefficient (Wildman–Crippen LogP) is 2.03. The van der Waals surface area contributed by atoms with Gasteiger partial charge in [0.05, 0.1) is 19.3 Å². The number of rotatable bonds is 3. The van der Waals surface area contributed by atoms with Crippen molar-refractivity contribution >= 4 is 23.2 Å². The second kappa shape index (κ2) is 7.76. The van der Waals surface area contributed by atoms with Crippen LogP contribution in [0, 0.1) is 0 Å². The van der Waals surface area contributed by atoms with Crippen molar-refractivity contribution < 1.29 is 14.3 Å². The number of ether oxygens (including phenoxy) is 1. The number of hydrogen-bond acceptors (Lipinski definition) is 4. The van der Waals surface area contributed by atoms with Gasteiger partial charge >= 0.3 is 0 Å². The van der Waals surface area contributed by atoms with Crippen LogP contribution in [0.15, 0.2) is 24.3 Å². The summed E-state index contributed by atoms with van der Waals surface area (Å²) in [4.78, 5) is 31.2. The van der Waals surface area contributed by atoms with Crippen LogP contribution in [-0.4, -0.2) is 62.1 Å². The van der Waals surface area contributed by atoms with Crippen LogP contribution < -0.4 is 9.80 Å². The lowest BCUT2D eigenvalue weighted by molar-refractivity contribution is -0.127. The number of morpholine rings is 1. The maximum Gasteiger partial charge on any atom is 0.244 e. The molecular formula is C20H27N3O3. The third-order valence-corrected chi connectivity index (χ3v) is 5.69. The van der Waals surface area contributed by atoms with Gasteiger partial charge < -0.3 is 14.5 Å². The molecule has 0 spiro atoms. The summed E-state index contributed by atoms with van der Waals surface area (Å²) >= 11 is 0. The molecule has 1 atom stereocenters. The minimum Gasteiger partial charge on any atom is -0.379 e. The van der Waals surface area contributed by atoms with E-state index >= 15 is 0 Å². The fraction of sp³-hybridized carbons (Fsp3) is 0.600. The van der Waals surface area contributed by atoms with Gasteiger partial charge in [0.1, 0.15) is 0 Å². The quantitative estimate of drug-likeness (QED) is 0.831. The van der Waals surface area contributed by atoms with Crippen LogP contribution in [-0.2, 0) is 14.3 Å². The highest BCUT2D eigenvalue weighted by Crippen LogP contribution is 2.28. The summed E-state index contributed by atoms with van der Waals surface area (Å²) in [5.41, 5.74) is 1.87. The van der Waals surface area contributed by atoms with E-state index in [2.05, 4.69) is 4.90 Å². The number of benzene rings is 1. The molecule has 3 aliphatic rings. The molecular weight excluding hydrogens is 330 g/mol. The molecule has 0 N–H and O–H groups in total. The van der Waals surface area contributed by atoms with Crippen molar-refractivity contribution in [3.63, 3.8) is 0 Å². The number of nitrogens with zero attached hydrogens (tertiary/aromatic N) is 3. The summed E-state index contributed by atoms with van der Waals surface area (Å²) in [5, 5.41) is 0. The number of piperidine rings is 2. The number of hydrogen-bond donors (Lipinski definition) is 0. The van der Waals surface area contributed by atoms with Crippen molar-refractivity contribution in [3.8, 4) is 0 Å². The van der Waals surface area contributed by atoms with E-state index in [1.54, 1.807) is 0 Å². The Morgan fingerprint density at radius 2 is 1.46 bits per heavy atom. The lowest BCUT2D eigenvalue weighted by atomic mass is 10.0. The van der Waals surface area contributed by atoms with Crippen molar-refractivity contribution in [1.82, 2.24) is 4.90 Å². The van der Waals surface area contributed by atoms with E-state index in [-0.39, 0.29) is 17.9 Å². The summed E-state index contributed by atoms with van der Waals surface area (Å²) in [6.07, 6.45) is 4.61. The standard InChI is InChI=1S/C20H27N3O3/c24-19-5-1-2-10-22(19)16-6-8-17(9-7-16)23-11-3-4-18(20(23)25)21-12-14-26-15-13-21/h6-9,18H,1-5,10-15H2. The molecule has 1 aromatic carbocycles. The maximum atomic E-state index is 13.0. The first kappa shape index (κ1) is 17.5. The normalized spacial score (nSPS) is 25.6. The number of carbonyl (C=O) groups excluding carboxylic acids is 2. The Balaban J connectivity index is 1.47. The lowest BCUT2D eigenvalue weighted by Crippen LogP contribution is -2.55. The second-order valence-corrected chi connectivity index (χ2v) is 7.32. The van der Waals surface area contributed by atoms with Crippen molar-refractivity contribution in [1.29, 1.82) is 0 Å². The molecule has 3 fully saturated rings. The van der Waals surface area contributed by atoms with Crippen LogP contribution in [0.3, 0.4) is 0 Å². The molecule has 1 unspecified atom stereocenters. The van der Waals surface area contributed by atoms with E-state index in [0.29, 0.717) is 19.6 Å². The summed E-state index contributed by atoms with van der Waals surface area (Å²) in [7, 11) is 0. The zero-order valence-corrected chi connectivity index (χ0v) is 15.2. The largest absolute Gasteiger partial charge is 0.379 e. The van der Waals surface area contributed by atoms with Gasteiger partial charge in [-0.25, -0.2) is 0 Å². The zero-order chi connectivity index (χ0) is 17.9. The van der Waals surface area contributed by atoms with Gasteiger partial charge in [0.15, 0.2) is 0 Å². The van der Waals surface area contributed by atoms with Gasteiger partial charge in [-0.1, -0.05) is 0 Å². The van der Waals surface area contributed by atoms with E-state index in [1.807, 2.05) is 34.1 Å². The molecule has 2 amide bonds. The molecule has 0 aliphatic carbocycles. The summed E-state index contributed by atoms with van der Waals surface area (Å²) in [6, 6.07) is 7.89. The van der Waals surface area contributed by atoms with Crippen LogP contribution in [0.4, 0.5) is 11.4 Å². The van der Waals surface area contributed by atoms with E-state index in [4.69, 9.17) is 4.74 Å². The fourth-order valence-corrected chi connectivity index (χ4v) is 4.23. The molecule has 4 rings (SSSR count). The van der Waals surface area contributed by atoms with Gasteiger partial charge in [0.25, 0.3) is 0 Å². The van der Waals surface area contributed by atoms with Crippen molar-refractivity contribution in [2.45, 2.75) is 38.1 Å². The third-order valence-electron chi connectivity index (χ3n) is 5.69. The smallest absolute Gasteiger partial charge is 0.244 e. The number of anilines is 2. The van der Waals surface area contributed by atoms with Gasteiger partial charge in [-0.3, -0.25) is 14.5 Å². The van der Waals surface area contributed by atoms with E-state index in [0.717, 1.165) is 63.2 Å². The number of amides is 2. The average molecular weight is 357 g/mol. The Kier molecular flexibility index (Phi) is 5.22. The van der Waals surface area contributed by atoms with Crippen LogP contribution in [0.5, 0.6) is 0 Å². The highest BCUT2D eigenvalue weighted by atomic mass is 16.5. The Hall–Kier alpha value is -1.92. The van der Waals surface area contributed by atoms with Crippen LogP contribution in [0.25, 0.3) is 0 Å². The van der Waals surface area contributed by atoms with E-state index in [9.17, 15) is 9.59 Å². The highest BCUT2D eigenvalue weighted by Gasteiger charge is 2.34. The highest BCUT2D eigenvalue weighted by molar-refractivity contribution is 5.98. The average Bonchev–Trinajstić information content (AvgIpc) is 2.69. The lowest BCUT2D eigenvalue weighted by Gasteiger charge is -2.40. The molecule has 0 aromatic heterocycles. The minimum atomic E-state index is -0.0315. The summed E-state index contributed by atoms with van der Waals surface area (Å²) in [5.74, 6) is 0.394. The molecule has 3 saturated heterocycles. The molecule has 6 nitrogen and oxygen atoms in total. The molecule has 3 heterocycles. The first-order chi connectivity index (χ1) is 12.7. The first-order valence-electron chi connectivity index (χ1n) is 9.77. The molecule has 140 valence electrons. The van der Waals surface area contributed by atoms with Crippen molar-refractivity contribution in [2.24, 2.45) is 0 Å². The number of carbonyl (C=O) groups is 2. The predicted molar refractivity (Wildman–Crippen MR) is 100 cm³/mol. The fourth-order valence-electron chi connectivity index (χ4n) is 4.23. The maximum absolute atomic E-state index is 13.0. The van der Waals surface area contributed by atoms with Gasteiger partial charge in [-0.05, 0) is 49.9 Å². The molecule has 6 heteroatoms. The molecule has 1 aromatic rings. The summed E-state index contributed by atoms with van der Waals surface area (Å²) in [6.45, 7) is 4.65. The third kappa shape index (κ3) is 3.48. The Labute approximate surface area is 154 Å². The monoisotopic (exact) mass is 357 g/mol. The molecule has 0 bridgehead atoms. The molecule has 3 aliphatic heterocycles. The molecule has 0 saturated carbocycles. The van der Waals surface area contributed by atoms with Gasteiger partial charge in [-0.2, -0.15) is 0 Å². The van der Waals surface area contributed by atoms with Crippen LogP contribution in [0.2, 0.25) is 0 Å². The van der Waals surface area contributed by atoms with E-state index < -0.39 is 0 Å². The topological polar surface area (TPSA) is 53.1 Å². The Bertz CT molecular complexity index is 655. The van der Waals surface area contributed by atoms with Crippen LogP contribution >= 0.6 is 0 Å². The molecule has 26 heavy (non-hydrogen) atoms. The Morgan fingerprint density at radius 3 is 2.15 bits per heavy atom. The zero-order valence-electron chi connectivity index (χ0n) is 15.2. The summed E-state index contributed by atoms with van der Waals surface area (Å²) < 4.78 is 5.42. The van der Waals surface area contributed by atoms with Crippen molar-refractivity contribution in [3.05, 3.63) is 24.3 Å². The van der Waals surface area contributed by atoms with Crippen LogP contribution in [0.1, 0.15) is 32.1 Å². The Morgan fingerprint density at radius 1 is 0.808 bits per heavy atom. The SMILES string of the molecule is O=C1CCCCN1c1ccc(N2CCCC(N3CCOCC3)C2=O)cc1. The van der Waals surface area contributed by atoms with Gasteiger partial charge in [0.2, 0.25) is 11.8 Å². The van der Waals surface area contributed by atoms with E-state index in [1.165, 1.54) is 0 Å². The van der Waals surface area contributed by atoms with Crippen molar-refractivity contribution in [2.75, 3.05) is 49.2 Å². The first-order valence-corrected chi connectivity index (χ1v) is 9.77.